The monoisotopic (exact) mass is 538 g/mol. The predicted octanol–water partition coefficient (Wildman–Crippen LogP) is 6.87. The quantitative estimate of drug-likeness (QED) is 0.273. The normalized spacial score (nSPS) is 15.5. The zero-order valence-corrected chi connectivity index (χ0v) is 23.4. The lowest BCUT2D eigenvalue weighted by Crippen LogP contribution is -2.36. The van der Waals surface area contributed by atoms with Gasteiger partial charge in [0.2, 0.25) is 0 Å². The second-order valence-corrected chi connectivity index (χ2v) is 11.3. The van der Waals surface area contributed by atoms with Gasteiger partial charge in [0.15, 0.2) is 0 Å². The zero-order chi connectivity index (χ0) is 26.8. The second kappa shape index (κ2) is 11.2. The first kappa shape index (κ1) is 25.6. The van der Waals surface area contributed by atoms with Crippen LogP contribution in [0.25, 0.3) is 5.00 Å². The Labute approximate surface area is 234 Å². The van der Waals surface area contributed by atoms with Crippen molar-refractivity contribution in [2.24, 2.45) is 4.99 Å². The van der Waals surface area contributed by atoms with Gasteiger partial charge >= 0.3 is 0 Å². The average Bonchev–Trinajstić information content (AvgIpc) is 3.49. The fourth-order valence-corrected chi connectivity index (χ4v) is 7.10. The Morgan fingerprint density at radius 3 is 2.51 bits per heavy atom. The molecule has 2 aromatic carbocycles. The summed E-state index contributed by atoms with van der Waals surface area (Å²) in [5.74, 6) is -0.0290. The summed E-state index contributed by atoms with van der Waals surface area (Å²) in [6, 6.07) is 20.3. The van der Waals surface area contributed by atoms with Gasteiger partial charge in [-0.1, -0.05) is 18.2 Å². The van der Waals surface area contributed by atoms with E-state index < -0.39 is 0 Å². The van der Waals surface area contributed by atoms with E-state index in [1.807, 2.05) is 36.5 Å². The molecule has 6 rings (SSSR count). The van der Waals surface area contributed by atoms with E-state index in [0.29, 0.717) is 0 Å². The number of aryl methyl sites for hydroxylation is 2. The van der Waals surface area contributed by atoms with Crippen molar-refractivity contribution in [2.75, 3.05) is 36.5 Å². The Kier molecular flexibility index (Phi) is 7.35. The van der Waals surface area contributed by atoms with Crippen LogP contribution >= 0.6 is 11.3 Å². The maximum atomic E-state index is 13.7. The van der Waals surface area contributed by atoms with Crippen LogP contribution < -0.4 is 10.2 Å². The van der Waals surface area contributed by atoms with Gasteiger partial charge in [-0.15, -0.1) is 11.3 Å². The number of para-hydroxylation sites is 1. The van der Waals surface area contributed by atoms with Gasteiger partial charge in [-0.2, -0.15) is 0 Å². The molecule has 1 aliphatic heterocycles. The molecule has 0 atom stereocenters. The predicted molar refractivity (Wildman–Crippen MR) is 161 cm³/mol. The van der Waals surface area contributed by atoms with Crippen LogP contribution in [0.4, 0.5) is 17.1 Å². The van der Waals surface area contributed by atoms with Crippen molar-refractivity contribution in [2.45, 2.75) is 39.5 Å². The minimum Gasteiger partial charge on any atom is -0.378 e. The maximum absolute atomic E-state index is 13.7. The number of carbonyl (C=O) groups excluding carboxylic acids is 1. The number of carbonyl (C=O) groups is 1. The van der Waals surface area contributed by atoms with Crippen LogP contribution in [0.5, 0.6) is 0 Å². The van der Waals surface area contributed by atoms with Crippen LogP contribution in [-0.2, 0) is 17.6 Å². The van der Waals surface area contributed by atoms with E-state index in [4.69, 9.17) is 9.73 Å². The van der Waals surface area contributed by atoms with E-state index in [-0.39, 0.29) is 5.91 Å². The van der Waals surface area contributed by atoms with E-state index in [0.717, 1.165) is 84.5 Å². The smallest absolute Gasteiger partial charge is 0.258 e. The molecule has 1 aliphatic carbocycles. The summed E-state index contributed by atoms with van der Waals surface area (Å²) in [6.45, 7) is 7.63. The summed E-state index contributed by atoms with van der Waals surface area (Å²) in [5, 5.41) is 4.16. The summed E-state index contributed by atoms with van der Waals surface area (Å²) in [4.78, 5) is 22.2. The van der Waals surface area contributed by atoms with Crippen LogP contribution in [0.1, 0.15) is 50.6 Å². The Hall–Kier alpha value is -3.68. The van der Waals surface area contributed by atoms with Gasteiger partial charge in [-0.25, -0.2) is 0 Å². The number of rotatable bonds is 6. The number of nitrogens with zero attached hydrogens (tertiary/aromatic N) is 3. The minimum absolute atomic E-state index is 0.0290. The van der Waals surface area contributed by atoms with E-state index in [1.54, 1.807) is 11.3 Å². The summed E-state index contributed by atoms with van der Waals surface area (Å²) < 4.78 is 7.71. The van der Waals surface area contributed by atoms with E-state index >= 15 is 0 Å². The highest BCUT2D eigenvalue weighted by atomic mass is 32.1. The van der Waals surface area contributed by atoms with E-state index in [2.05, 4.69) is 59.0 Å². The molecule has 0 bridgehead atoms. The van der Waals surface area contributed by atoms with Crippen LogP contribution in [-0.4, -0.2) is 43.0 Å². The molecule has 2 aliphatic rings. The summed E-state index contributed by atoms with van der Waals surface area (Å²) in [5.41, 5.74) is 8.24. The lowest BCUT2D eigenvalue weighted by molar-refractivity contribution is 0.102. The highest BCUT2D eigenvalue weighted by Crippen LogP contribution is 2.39. The van der Waals surface area contributed by atoms with Crippen molar-refractivity contribution in [1.82, 2.24) is 4.57 Å². The molecular formula is C32H34N4O2S. The van der Waals surface area contributed by atoms with Gasteiger partial charge in [0.05, 0.1) is 24.5 Å². The number of amides is 1. The Morgan fingerprint density at radius 2 is 1.74 bits per heavy atom. The molecule has 0 spiro atoms. The van der Waals surface area contributed by atoms with Gasteiger partial charge in [0, 0.05) is 52.5 Å². The molecule has 1 amide bonds. The SMILES string of the molecule is Cc1cc(C=Nc2ccc(N3CCOCC3)cc2)c(C)n1-c1sc2c(c1C(=O)Nc1ccccc1)CCCC2. The van der Waals surface area contributed by atoms with Crippen LogP contribution in [0, 0.1) is 13.8 Å². The largest absolute Gasteiger partial charge is 0.378 e. The highest BCUT2D eigenvalue weighted by Gasteiger charge is 2.28. The number of aliphatic imine (C=N–C) groups is 1. The lowest BCUT2D eigenvalue weighted by Gasteiger charge is -2.28. The lowest BCUT2D eigenvalue weighted by atomic mass is 9.95. The van der Waals surface area contributed by atoms with Crippen molar-refractivity contribution in [3.8, 4) is 5.00 Å². The number of benzene rings is 2. The standard InChI is InChI=1S/C32H34N4O2S/c1-22-20-24(21-33-25-12-14-27(15-13-25)35-16-18-38-19-17-35)23(2)36(22)32-30(28-10-6-7-11-29(28)39-32)31(37)34-26-8-4-3-5-9-26/h3-5,8-9,12-15,20-21H,6-7,10-11,16-19H2,1-2H3,(H,34,37). The fraction of sp³-hybridized carbons (Fsp3) is 0.312. The number of fused-ring (bicyclic) bond motifs is 1. The van der Waals surface area contributed by atoms with Crippen molar-refractivity contribution in [3.63, 3.8) is 0 Å². The maximum Gasteiger partial charge on any atom is 0.258 e. The molecule has 1 saturated heterocycles. The topological polar surface area (TPSA) is 58.9 Å². The van der Waals surface area contributed by atoms with Crippen molar-refractivity contribution in [1.29, 1.82) is 0 Å². The fourth-order valence-electron chi connectivity index (χ4n) is 5.60. The molecule has 2 aromatic heterocycles. The number of hydrogen-bond donors (Lipinski definition) is 1. The second-order valence-electron chi connectivity index (χ2n) is 10.2. The molecule has 0 saturated carbocycles. The zero-order valence-electron chi connectivity index (χ0n) is 22.6. The molecular weight excluding hydrogens is 504 g/mol. The average molecular weight is 539 g/mol. The number of hydrogen-bond acceptors (Lipinski definition) is 5. The first-order valence-corrected chi connectivity index (χ1v) is 14.6. The molecule has 1 N–H and O–H groups in total. The van der Waals surface area contributed by atoms with Crippen LogP contribution in [0.2, 0.25) is 0 Å². The minimum atomic E-state index is -0.0290. The van der Waals surface area contributed by atoms with Gasteiger partial charge in [0.25, 0.3) is 5.91 Å². The summed E-state index contributed by atoms with van der Waals surface area (Å²) in [7, 11) is 0. The first-order chi connectivity index (χ1) is 19.1. The van der Waals surface area contributed by atoms with Gasteiger partial charge in [-0.05, 0) is 87.6 Å². The third-order valence-corrected chi connectivity index (χ3v) is 8.94. The van der Waals surface area contributed by atoms with E-state index in [9.17, 15) is 4.79 Å². The molecule has 200 valence electrons. The Bertz CT molecular complexity index is 1500. The summed E-state index contributed by atoms with van der Waals surface area (Å²) >= 11 is 1.77. The van der Waals surface area contributed by atoms with Crippen molar-refractivity contribution >= 4 is 40.5 Å². The van der Waals surface area contributed by atoms with Gasteiger partial charge in [-0.3, -0.25) is 9.79 Å². The first-order valence-electron chi connectivity index (χ1n) is 13.8. The van der Waals surface area contributed by atoms with Crippen molar-refractivity contribution in [3.05, 3.63) is 93.6 Å². The molecule has 6 nitrogen and oxygen atoms in total. The Morgan fingerprint density at radius 1 is 1.00 bits per heavy atom. The number of anilines is 2. The molecule has 3 heterocycles. The van der Waals surface area contributed by atoms with E-state index in [1.165, 1.54) is 22.5 Å². The number of aromatic nitrogens is 1. The third-order valence-electron chi connectivity index (χ3n) is 7.66. The molecule has 7 heteroatoms. The third kappa shape index (κ3) is 5.29. The van der Waals surface area contributed by atoms with Crippen LogP contribution in [0.3, 0.4) is 0 Å². The number of thiophene rings is 1. The molecule has 39 heavy (non-hydrogen) atoms. The van der Waals surface area contributed by atoms with Crippen LogP contribution in [0.15, 0.2) is 65.7 Å². The van der Waals surface area contributed by atoms with Gasteiger partial charge in [0.1, 0.15) is 5.00 Å². The Balaban J connectivity index is 1.30. The van der Waals surface area contributed by atoms with Crippen molar-refractivity contribution < 1.29 is 9.53 Å². The molecule has 1 fully saturated rings. The van der Waals surface area contributed by atoms with Gasteiger partial charge < -0.3 is 19.5 Å². The molecule has 4 aromatic rings. The number of ether oxygens (including phenoxy) is 1. The molecule has 0 unspecified atom stereocenters. The number of morpholine rings is 1. The number of nitrogens with one attached hydrogen (secondary N) is 1. The summed E-state index contributed by atoms with van der Waals surface area (Å²) in [6.07, 6.45) is 6.25. The molecule has 0 radical (unpaired) electrons. The highest BCUT2D eigenvalue weighted by molar-refractivity contribution is 7.15.